The quantitative estimate of drug-likeness (QED) is 0.805. The number of hydrogen-bond donors (Lipinski definition) is 1. The van der Waals surface area contributed by atoms with Crippen molar-refractivity contribution in [3.63, 3.8) is 0 Å². The molecule has 1 unspecified atom stereocenters. The van der Waals surface area contributed by atoms with E-state index in [0.29, 0.717) is 6.54 Å². The molecule has 0 aliphatic carbocycles. The molecule has 1 heterocycles. The lowest BCUT2D eigenvalue weighted by molar-refractivity contribution is 0.231. The van der Waals surface area contributed by atoms with Gasteiger partial charge < -0.3 is 10.1 Å². The topological polar surface area (TPSA) is 21.3 Å². The summed E-state index contributed by atoms with van der Waals surface area (Å²) in [5, 5.41) is 3.06. The van der Waals surface area contributed by atoms with Crippen LogP contribution in [0, 0.1) is 0 Å². The van der Waals surface area contributed by atoms with Crippen LogP contribution in [-0.4, -0.2) is 26.4 Å². The van der Waals surface area contributed by atoms with Gasteiger partial charge in [-0.1, -0.05) is 12.1 Å². The maximum atomic E-state index is 13.6. The average molecular weight is 209 g/mol. The number of nitrogens with one attached hydrogen (secondary N) is 1. The summed E-state index contributed by atoms with van der Waals surface area (Å²) in [6, 6.07) is 7.71. The molecule has 2 atom stereocenters. The SMILES string of the molecule is COc1ccc(C2CCNC[C@H]2F)cc1. The van der Waals surface area contributed by atoms with Crippen molar-refractivity contribution in [2.24, 2.45) is 0 Å². The third kappa shape index (κ3) is 2.29. The van der Waals surface area contributed by atoms with Crippen molar-refractivity contribution in [2.75, 3.05) is 20.2 Å². The normalized spacial score (nSPS) is 26.3. The Labute approximate surface area is 89.4 Å². The zero-order valence-corrected chi connectivity index (χ0v) is 8.87. The summed E-state index contributed by atoms with van der Waals surface area (Å²) in [5.74, 6) is 0.861. The molecule has 15 heavy (non-hydrogen) atoms. The minimum absolute atomic E-state index is 0.0390. The molecule has 82 valence electrons. The fraction of sp³-hybridized carbons (Fsp3) is 0.500. The summed E-state index contributed by atoms with van der Waals surface area (Å²) in [5.41, 5.74) is 1.07. The highest BCUT2D eigenvalue weighted by atomic mass is 19.1. The number of halogens is 1. The van der Waals surface area contributed by atoms with Crippen LogP contribution in [0.3, 0.4) is 0 Å². The van der Waals surface area contributed by atoms with Crippen molar-refractivity contribution < 1.29 is 9.13 Å². The lowest BCUT2D eigenvalue weighted by Gasteiger charge is -2.27. The van der Waals surface area contributed by atoms with Crippen molar-refractivity contribution in [1.29, 1.82) is 0 Å². The number of piperidine rings is 1. The molecule has 0 amide bonds. The van der Waals surface area contributed by atoms with Gasteiger partial charge in [-0.3, -0.25) is 0 Å². The van der Waals surface area contributed by atoms with Crippen molar-refractivity contribution >= 4 is 0 Å². The van der Waals surface area contributed by atoms with E-state index in [1.54, 1.807) is 7.11 Å². The largest absolute Gasteiger partial charge is 0.497 e. The Morgan fingerprint density at radius 3 is 2.67 bits per heavy atom. The summed E-state index contributed by atoms with van der Waals surface area (Å²) < 4.78 is 18.7. The van der Waals surface area contributed by atoms with E-state index in [4.69, 9.17) is 4.74 Å². The van der Waals surface area contributed by atoms with Crippen molar-refractivity contribution in [3.05, 3.63) is 29.8 Å². The second-order valence-corrected chi connectivity index (χ2v) is 3.89. The van der Waals surface area contributed by atoms with Gasteiger partial charge >= 0.3 is 0 Å². The minimum atomic E-state index is -0.771. The van der Waals surface area contributed by atoms with Crippen LogP contribution < -0.4 is 10.1 Å². The standard InChI is InChI=1S/C12H16FNO/c1-15-10-4-2-9(3-5-10)11-6-7-14-8-12(11)13/h2-5,11-12,14H,6-8H2,1H3/t11?,12-/m1/s1. The fourth-order valence-electron chi connectivity index (χ4n) is 2.05. The molecule has 1 saturated heterocycles. The molecule has 0 radical (unpaired) electrons. The highest BCUT2D eigenvalue weighted by molar-refractivity contribution is 5.30. The summed E-state index contributed by atoms with van der Waals surface area (Å²) in [6.07, 6.45) is 0.0974. The van der Waals surface area contributed by atoms with Gasteiger partial charge in [-0.25, -0.2) is 4.39 Å². The highest BCUT2D eigenvalue weighted by Gasteiger charge is 2.25. The minimum Gasteiger partial charge on any atom is -0.497 e. The summed E-state index contributed by atoms with van der Waals surface area (Å²) in [7, 11) is 1.64. The van der Waals surface area contributed by atoms with E-state index >= 15 is 0 Å². The first-order valence-corrected chi connectivity index (χ1v) is 5.30. The first kappa shape index (κ1) is 10.4. The molecule has 1 fully saturated rings. The Balaban J connectivity index is 2.13. The first-order chi connectivity index (χ1) is 7.31. The first-order valence-electron chi connectivity index (χ1n) is 5.30. The Kier molecular flexibility index (Phi) is 3.21. The number of methoxy groups -OCH3 is 1. The van der Waals surface area contributed by atoms with Crippen molar-refractivity contribution in [2.45, 2.75) is 18.5 Å². The van der Waals surface area contributed by atoms with E-state index in [1.165, 1.54) is 0 Å². The van der Waals surface area contributed by atoms with Crippen LogP contribution in [0.15, 0.2) is 24.3 Å². The number of ether oxygens (including phenoxy) is 1. The van der Waals surface area contributed by atoms with Gasteiger partial charge in [0, 0.05) is 12.5 Å². The molecule has 2 nitrogen and oxygen atoms in total. The molecule has 1 N–H and O–H groups in total. The number of alkyl halides is 1. The molecule has 1 aromatic carbocycles. The van der Waals surface area contributed by atoms with E-state index in [1.807, 2.05) is 24.3 Å². The smallest absolute Gasteiger partial charge is 0.119 e. The van der Waals surface area contributed by atoms with E-state index in [0.717, 1.165) is 24.3 Å². The predicted molar refractivity (Wildman–Crippen MR) is 58.1 cm³/mol. The third-order valence-electron chi connectivity index (χ3n) is 2.95. The van der Waals surface area contributed by atoms with Gasteiger partial charge in [0.25, 0.3) is 0 Å². The molecule has 0 aromatic heterocycles. The van der Waals surface area contributed by atoms with Crippen LogP contribution in [-0.2, 0) is 0 Å². The number of benzene rings is 1. The highest BCUT2D eigenvalue weighted by Crippen LogP contribution is 2.28. The molecule has 0 spiro atoms. The molecule has 1 aliphatic rings. The van der Waals surface area contributed by atoms with E-state index in [2.05, 4.69) is 5.32 Å². The maximum absolute atomic E-state index is 13.6. The molecule has 3 heteroatoms. The maximum Gasteiger partial charge on any atom is 0.119 e. The third-order valence-corrected chi connectivity index (χ3v) is 2.95. The second-order valence-electron chi connectivity index (χ2n) is 3.89. The lowest BCUT2D eigenvalue weighted by atomic mass is 9.89. The predicted octanol–water partition coefficient (Wildman–Crippen LogP) is 2.11. The van der Waals surface area contributed by atoms with Gasteiger partial charge in [0.15, 0.2) is 0 Å². The molecular weight excluding hydrogens is 193 g/mol. The van der Waals surface area contributed by atoms with Crippen LogP contribution >= 0.6 is 0 Å². The van der Waals surface area contributed by atoms with Crippen molar-refractivity contribution in [1.82, 2.24) is 5.32 Å². The van der Waals surface area contributed by atoms with E-state index in [-0.39, 0.29) is 5.92 Å². The number of hydrogen-bond acceptors (Lipinski definition) is 2. The van der Waals surface area contributed by atoms with E-state index < -0.39 is 6.17 Å². The van der Waals surface area contributed by atoms with E-state index in [9.17, 15) is 4.39 Å². The Morgan fingerprint density at radius 1 is 1.33 bits per heavy atom. The monoisotopic (exact) mass is 209 g/mol. The van der Waals surface area contributed by atoms with Crippen LogP contribution in [0.1, 0.15) is 17.9 Å². The molecule has 2 rings (SSSR count). The Morgan fingerprint density at radius 2 is 2.07 bits per heavy atom. The Bertz CT molecular complexity index is 312. The Hall–Kier alpha value is -1.09. The second kappa shape index (κ2) is 4.62. The molecule has 1 aliphatic heterocycles. The zero-order chi connectivity index (χ0) is 10.7. The number of rotatable bonds is 2. The van der Waals surface area contributed by atoms with Crippen LogP contribution in [0.25, 0.3) is 0 Å². The molecule has 0 bridgehead atoms. The molecule has 1 aromatic rings. The average Bonchev–Trinajstić information content (AvgIpc) is 2.30. The van der Waals surface area contributed by atoms with Crippen LogP contribution in [0.2, 0.25) is 0 Å². The van der Waals surface area contributed by atoms with Crippen molar-refractivity contribution in [3.8, 4) is 5.75 Å². The van der Waals surface area contributed by atoms with Gasteiger partial charge in [-0.15, -0.1) is 0 Å². The summed E-state index contributed by atoms with van der Waals surface area (Å²) in [4.78, 5) is 0. The van der Waals surface area contributed by atoms with Crippen LogP contribution in [0.5, 0.6) is 5.75 Å². The summed E-state index contributed by atoms with van der Waals surface area (Å²) in [6.45, 7) is 1.37. The molecular formula is C12H16FNO. The molecule has 0 saturated carbocycles. The van der Waals surface area contributed by atoms with Gasteiger partial charge in [-0.2, -0.15) is 0 Å². The lowest BCUT2D eigenvalue weighted by Crippen LogP contribution is -2.36. The van der Waals surface area contributed by atoms with Gasteiger partial charge in [0.2, 0.25) is 0 Å². The zero-order valence-electron chi connectivity index (χ0n) is 8.87. The fourth-order valence-corrected chi connectivity index (χ4v) is 2.05. The summed E-state index contributed by atoms with van der Waals surface area (Å²) >= 11 is 0. The van der Waals surface area contributed by atoms with Gasteiger partial charge in [0.05, 0.1) is 7.11 Å². The van der Waals surface area contributed by atoms with Gasteiger partial charge in [-0.05, 0) is 30.7 Å². The van der Waals surface area contributed by atoms with Crippen LogP contribution in [0.4, 0.5) is 4.39 Å². The van der Waals surface area contributed by atoms with Gasteiger partial charge in [0.1, 0.15) is 11.9 Å².